The Bertz CT molecular complexity index is 685. The van der Waals surface area contributed by atoms with Crippen molar-refractivity contribution in [3.63, 3.8) is 0 Å². The number of amides is 1. The Morgan fingerprint density at radius 3 is 2.90 bits per heavy atom. The van der Waals surface area contributed by atoms with Gasteiger partial charge in [-0.1, -0.05) is 17.7 Å². The Hall–Kier alpha value is -2.14. The lowest BCUT2D eigenvalue weighted by molar-refractivity contribution is 0.102. The smallest absolute Gasteiger partial charge is 0.257 e. The number of nitrogens with one attached hydrogen (secondary N) is 2. The van der Waals surface area contributed by atoms with Gasteiger partial charge in [-0.05, 0) is 38.0 Å². The van der Waals surface area contributed by atoms with Gasteiger partial charge in [-0.3, -0.25) is 4.79 Å². The lowest BCUT2D eigenvalue weighted by atomic mass is 10.2. The summed E-state index contributed by atoms with van der Waals surface area (Å²) in [6, 6.07) is 7.69. The van der Waals surface area contributed by atoms with E-state index in [9.17, 15) is 4.79 Å². The Balaban J connectivity index is 1.84. The summed E-state index contributed by atoms with van der Waals surface area (Å²) in [4.78, 5) is 12.3. The third-order valence-electron chi connectivity index (χ3n) is 3.23. The molecule has 0 atom stereocenters. The van der Waals surface area contributed by atoms with E-state index in [0.29, 0.717) is 28.0 Å². The Morgan fingerprint density at radius 1 is 1.38 bits per heavy atom. The van der Waals surface area contributed by atoms with Crippen molar-refractivity contribution in [1.29, 1.82) is 0 Å². The Labute approximate surface area is 127 Å². The molecule has 1 aliphatic rings. The van der Waals surface area contributed by atoms with Crippen molar-refractivity contribution in [2.75, 3.05) is 10.6 Å². The van der Waals surface area contributed by atoms with Gasteiger partial charge in [0.15, 0.2) is 0 Å². The van der Waals surface area contributed by atoms with E-state index in [1.165, 1.54) is 6.20 Å². The van der Waals surface area contributed by atoms with E-state index in [-0.39, 0.29) is 5.91 Å². The first kappa shape index (κ1) is 13.8. The van der Waals surface area contributed by atoms with Gasteiger partial charge in [0.05, 0.1) is 33.9 Å². The highest BCUT2D eigenvalue weighted by molar-refractivity contribution is 6.34. The number of rotatable bonds is 4. The molecule has 1 aliphatic carbocycles. The van der Waals surface area contributed by atoms with E-state index in [1.54, 1.807) is 19.1 Å². The second-order valence-electron chi connectivity index (χ2n) is 5.12. The lowest BCUT2D eigenvalue weighted by Crippen LogP contribution is -2.15. The molecular weight excluding hydrogens is 288 g/mol. The summed E-state index contributed by atoms with van der Waals surface area (Å²) in [6.45, 7) is 1.79. The summed E-state index contributed by atoms with van der Waals surface area (Å²) in [5.41, 5.74) is 2.60. The van der Waals surface area contributed by atoms with Crippen LogP contribution in [0.25, 0.3) is 0 Å². The average molecular weight is 303 g/mol. The van der Waals surface area contributed by atoms with Gasteiger partial charge in [-0.2, -0.15) is 10.2 Å². The summed E-state index contributed by atoms with van der Waals surface area (Å²) >= 11 is 6.21. The number of carbonyl (C=O) groups is 1. The van der Waals surface area contributed by atoms with Crippen molar-refractivity contribution in [3.05, 3.63) is 46.7 Å². The minimum Gasteiger partial charge on any atom is -0.381 e. The molecular formula is C15H15ClN4O. The average Bonchev–Trinajstić information content (AvgIpc) is 3.26. The third kappa shape index (κ3) is 3.31. The highest BCUT2D eigenvalue weighted by atomic mass is 35.5. The van der Waals surface area contributed by atoms with Crippen molar-refractivity contribution >= 4 is 28.9 Å². The van der Waals surface area contributed by atoms with Crippen LogP contribution in [-0.2, 0) is 0 Å². The predicted octanol–water partition coefficient (Wildman–Crippen LogP) is 3.27. The van der Waals surface area contributed by atoms with Crippen LogP contribution in [-0.4, -0.2) is 22.1 Å². The van der Waals surface area contributed by atoms with E-state index in [4.69, 9.17) is 11.6 Å². The monoisotopic (exact) mass is 302 g/mol. The number of halogens is 1. The number of hydrogen-bond acceptors (Lipinski definition) is 4. The topological polar surface area (TPSA) is 66.9 Å². The normalized spacial score (nSPS) is 13.8. The van der Waals surface area contributed by atoms with Crippen molar-refractivity contribution < 1.29 is 4.79 Å². The van der Waals surface area contributed by atoms with Crippen molar-refractivity contribution in [1.82, 2.24) is 10.2 Å². The summed E-state index contributed by atoms with van der Waals surface area (Å²) in [5, 5.41) is 14.4. The van der Waals surface area contributed by atoms with Gasteiger partial charge in [0.2, 0.25) is 0 Å². The molecule has 2 aromatic rings. The maximum Gasteiger partial charge on any atom is 0.257 e. The fraction of sp³-hybridized carbons (Fsp3) is 0.267. The van der Waals surface area contributed by atoms with E-state index in [1.807, 2.05) is 12.1 Å². The molecule has 3 rings (SSSR count). The van der Waals surface area contributed by atoms with Crippen molar-refractivity contribution in [2.45, 2.75) is 25.8 Å². The number of para-hydroxylation sites is 1. The second kappa shape index (κ2) is 5.69. The summed E-state index contributed by atoms with van der Waals surface area (Å²) in [7, 11) is 0. The van der Waals surface area contributed by atoms with Crippen LogP contribution in [0, 0.1) is 6.92 Å². The second-order valence-corrected chi connectivity index (χ2v) is 5.53. The zero-order valence-corrected chi connectivity index (χ0v) is 12.3. The highest BCUT2D eigenvalue weighted by Crippen LogP contribution is 2.34. The minimum atomic E-state index is -0.250. The zero-order valence-electron chi connectivity index (χ0n) is 11.6. The van der Waals surface area contributed by atoms with Crippen LogP contribution in [0.2, 0.25) is 5.02 Å². The molecule has 1 heterocycles. The fourth-order valence-corrected chi connectivity index (χ4v) is 2.22. The van der Waals surface area contributed by atoms with E-state index >= 15 is 0 Å². The van der Waals surface area contributed by atoms with Gasteiger partial charge in [0, 0.05) is 6.04 Å². The molecule has 108 valence electrons. The van der Waals surface area contributed by atoms with E-state index < -0.39 is 0 Å². The van der Waals surface area contributed by atoms with Crippen LogP contribution in [0.4, 0.5) is 11.4 Å². The molecule has 0 aliphatic heterocycles. The number of aromatic nitrogens is 2. The van der Waals surface area contributed by atoms with Crippen LogP contribution in [0.1, 0.15) is 28.9 Å². The van der Waals surface area contributed by atoms with Crippen molar-refractivity contribution in [2.24, 2.45) is 0 Å². The number of hydrogen-bond donors (Lipinski definition) is 2. The first-order valence-electron chi connectivity index (χ1n) is 6.79. The number of nitrogens with zero attached hydrogens (tertiary/aromatic N) is 2. The Morgan fingerprint density at radius 2 is 2.19 bits per heavy atom. The minimum absolute atomic E-state index is 0.250. The number of anilines is 2. The van der Waals surface area contributed by atoms with Gasteiger partial charge >= 0.3 is 0 Å². The molecule has 2 N–H and O–H groups in total. The molecule has 1 saturated carbocycles. The maximum atomic E-state index is 12.3. The molecule has 0 bridgehead atoms. The first-order chi connectivity index (χ1) is 10.1. The summed E-state index contributed by atoms with van der Waals surface area (Å²) < 4.78 is 0. The van der Waals surface area contributed by atoms with Gasteiger partial charge in [-0.25, -0.2) is 0 Å². The number of aryl methyl sites for hydroxylation is 1. The van der Waals surface area contributed by atoms with Crippen LogP contribution in [0.5, 0.6) is 0 Å². The van der Waals surface area contributed by atoms with Crippen LogP contribution >= 0.6 is 11.6 Å². The maximum absolute atomic E-state index is 12.3. The largest absolute Gasteiger partial charge is 0.381 e. The van der Waals surface area contributed by atoms with Gasteiger partial charge in [0.1, 0.15) is 0 Å². The highest BCUT2D eigenvalue weighted by Gasteiger charge is 2.23. The molecule has 1 aromatic carbocycles. The zero-order chi connectivity index (χ0) is 14.8. The standard InChI is InChI=1S/C15H15ClN4O/c1-9-7-10(8-17-20-9)15(21)19-14-12(16)3-2-4-13(14)18-11-5-6-11/h2-4,7-8,11,18H,5-6H2,1H3,(H,19,21). The first-order valence-corrected chi connectivity index (χ1v) is 7.17. The quantitative estimate of drug-likeness (QED) is 0.909. The number of carbonyl (C=O) groups excluding carboxylic acids is 1. The molecule has 6 heteroatoms. The molecule has 0 saturated heterocycles. The predicted molar refractivity (Wildman–Crippen MR) is 82.8 cm³/mol. The SMILES string of the molecule is Cc1cc(C(=O)Nc2c(Cl)cccc2NC2CC2)cnn1. The number of benzene rings is 1. The van der Waals surface area contributed by atoms with E-state index in [2.05, 4.69) is 20.8 Å². The molecule has 0 unspecified atom stereocenters. The van der Waals surface area contributed by atoms with Gasteiger partial charge in [-0.15, -0.1) is 0 Å². The third-order valence-corrected chi connectivity index (χ3v) is 3.54. The lowest BCUT2D eigenvalue weighted by Gasteiger charge is -2.14. The summed E-state index contributed by atoms with van der Waals surface area (Å²) in [6.07, 6.45) is 3.73. The molecule has 1 aromatic heterocycles. The molecule has 21 heavy (non-hydrogen) atoms. The summed E-state index contributed by atoms with van der Waals surface area (Å²) in [5.74, 6) is -0.250. The van der Waals surface area contributed by atoms with Crippen LogP contribution in [0.15, 0.2) is 30.5 Å². The molecule has 5 nitrogen and oxygen atoms in total. The molecule has 0 radical (unpaired) electrons. The van der Waals surface area contributed by atoms with Crippen LogP contribution in [0.3, 0.4) is 0 Å². The molecule has 1 fully saturated rings. The molecule has 1 amide bonds. The van der Waals surface area contributed by atoms with E-state index in [0.717, 1.165) is 18.5 Å². The van der Waals surface area contributed by atoms with Crippen LogP contribution < -0.4 is 10.6 Å². The fourth-order valence-electron chi connectivity index (χ4n) is 2.00. The van der Waals surface area contributed by atoms with Gasteiger partial charge in [0.25, 0.3) is 5.91 Å². The van der Waals surface area contributed by atoms with Crippen molar-refractivity contribution in [3.8, 4) is 0 Å². The molecule has 0 spiro atoms. The van der Waals surface area contributed by atoms with Gasteiger partial charge < -0.3 is 10.6 Å². The Kier molecular flexibility index (Phi) is 3.75.